The van der Waals surface area contributed by atoms with Crippen molar-refractivity contribution in [3.8, 4) is 22.6 Å². The first-order valence-electron chi connectivity index (χ1n) is 20.2. The van der Waals surface area contributed by atoms with Gasteiger partial charge in [-0.1, -0.05) is 131 Å². The first kappa shape index (κ1) is 35.3. The summed E-state index contributed by atoms with van der Waals surface area (Å²) in [4.78, 5) is 4.77. The van der Waals surface area contributed by atoms with Crippen molar-refractivity contribution in [3.05, 3.63) is 186 Å². The van der Waals surface area contributed by atoms with Crippen molar-refractivity contribution in [2.75, 3.05) is 9.80 Å². The van der Waals surface area contributed by atoms with E-state index in [4.69, 9.17) is 4.42 Å². The third-order valence-corrected chi connectivity index (χ3v) is 14.6. The molecule has 57 heavy (non-hydrogen) atoms. The molecule has 1 aromatic heterocycles. The van der Waals surface area contributed by atoms with Crippen molar-refractivity contribution in [2.45, 2.75) is 58.2 Å². The summed E-state index contributed by atoms with van der Waals surface area (Å²) in [6.45, 7) is 16.7. The summed E-state index contributed by atoms with van der Waals surface area (Å²) in [6.07, 6.45) is 0. The highest BCUT2D eigenvalue weighted by Gasteiger charge is 2.50. The van der Waals surface area contributed by atoms with Crippen molar-refractivity contribution in [3.63, 3.8) is 0 Å². The molecule has 0 radical (unpaired) electrons. The zero-order valence-electron chi connectivity index (χ0n) is 33.9. The molecule has 0 aliphatic heterocycles. The molecule has 7 aromatic carbocycles. The predicted octanol–water partition coefficient (Wildman–Crippen LogP) is 14.5. The summed E-state index contributed by atoms with van der Waals surface area (Å²) < 4.78 is 7.10. The van der Waals surface area contributed by atoms with E-state index in [1.807, 2.05) is 0 Å². The van der Waals surface area contributed by atoms with E-state index < -0.39 is 8.07 Å². The number of furan rings is 1. The number of anilines is 6. The van der Waals surface area contributed by atoms with Crippen LogP contribution in [0.1, 0.15) is 49.9 Å². The van der Waals surface area contributed by atoms with E-state index in [0.29, 0.717) is 0 Å². The van der Waals surface area contributed by atoms with Crippen LogP contribution in [-0.4, -0.2) is 8.07 Å². The quantitative estimate of drug-likeness (QED) is 0.151. The van der Waals surface area contributed by atoms with Crippen LogP contribution in [0.5, 0.6) is 0 Å². The van der Waals surface area contributed by atoms with Gasteiger partial charge in [-0.15, -0.1) is 0 Å². The van der Waals surface area contributed by atoms with Gasteiger partial charge in [-0.2, -0.15) is 0 Å². The highest BCUT2D eigenvalue weighted by molar-refractivity contribution is 6.88. The minimum atomic E-state index is -1.44. The van der Waals surface area contributed by atoms with Gasteiger partial charge >= 0.3 is 0 Å². The van der Waals surface area contributed by atoms with Crippen LogP contribution >= 0.6 is 0 Å². The molecule has 2 aliphatic carbocycles. The smallest absolute Gasteiger partial charge is 0.139 e. The summed E-state index contributed by atoms with van der Waals surface area (Å²) in [7, 11) is -1.44. The summed E-state index contributed by atoms with van der Waals surface area (Å²) in [5.74, 6) is 2.03. The minimum Gasteiger partial charge on any atom is -0.455 e. The Morgan fingerprint density at radius 2 is 0.807 bits per heavy atom. The van der Waals surface area contributed by atoms with E-state index in [2.05, 4.69) is 221 Å². The Balaban J connectivity index is 1.06. The highest BCUT2D eigenvalue weighted by Crippen LogP contribution is 2.62. The van der Waals surface area contributed by atoms with Crippen molar-refractivity contribution < 1.29 is 4.42 Å². The van der Waals surface area contributed by atoms with E-state index in [1.165, 1.54) is 49.3 Å². The lowest BCUT2D eigenvalue weighted by Crippen LogP contribution is -2.37. The molecule has 0 N–H and O–H groups in total. The van der Waals surface area contributed by atoms with E-state index in [1.54, 1.807) is 0 Å². The van der Waals surface area contributed by atoms with E-state index in [9.17, 15) is 0 Å². The molecule has 0 amide bonds. The fourth-order valence-corrected chi connectivity index (χ4v) is 10.7. The largest absolute Gasteiger partial charge is 0.455 e. The normalized spacial score (nSPS) is 14.5. The Morgan fingerprint density at radius 3 is 1.32 bits per heavy atom. The fraction of sp³-hybridized carbons (Fsp3) is 0.170. The second-order valence-corrected chi connectivity index (χ2v) is 23.0. The first-order valence-corrected chi connectivity index (χ1v) is 23.7. The molecule has 280 valence electrons. The lowest BCUT2D eigenvalue weighted by atomic mass is 9.74. The van der Waals surface area contributed by atoms with Crippen LogP contribution in [0.15, 0.2) is 168 Å². The van der Waals surface area contributed by atoms with Crippen LogP contribution in [0, 0.1) is 0 Å². The third kappa shape index (κ3) is 5.53. The summed E-state index contributed by atoms with van der Waals surface area (Å²) in [5, 5.41) is 3.93. The summed E-state index contributed by atoms with van der Waals surface area (Å²) in [5.41, 5.74) is 13.9. The minimum absolute atomic E-state index is 0.273. The zero-order valence-corrected chi connectivity index (χ0v) is 34.9. The molecule has 4 heteroatoms. The number of nitrogens with zero attached hydrogens (tertiary/aromatic N) is 2. The maximum atomic E-state index is 7.10. The van der Waals surface area contributed by atoms with Crippen LogP contribution in [-0.2, 0) is 10.8 Å². The highest BCUT2D eigenvalue weighted by atomic mass is 28.3. The maximum Gasteiger partial charge on any atom is 0.139 e. The molecule has 3 nitrogen and oxygen atoms in total. The van der Waals surface area contributed by atoms with Crippen molar-refractivity contribution in [2.24, 2.45) is 0 Å². The van der Waals surface area contributed by atoms with Crippen LogP contribution in [0.2, 0.25) is 19.6 Å². The number of para-hydroxylation sites is 2. The van der Waals surface area contributed by atoms with Gasteiger partial charge in [0.2, 0.25) is 0 Å². The van der Waals surface area contributed by atoms with E-state index in [-0.39, 0.29) is 10.8 Å². The molecule has 0 atom stereocenters. The van der Waals surface area contributed by atoms with Gasteiger partial charge in [-0.25, -0.2) is 0 Å². The molecule has 0 spiro atoms. The van der Waals surface area contributed by atoms with Gasteiger partial charge in [-0.3, -0.25) is 0 Å². The Kier molecular flexibility index (Phi) is 7.87. The third-order valence-electron chi connectivity index (χ3n) is 12.5. The molecule has 0 saturated carbocycles. The maximum absolute atomic E-state index is 7.10. The van der Waals surface area contributed by atoms with Crippen molar-refractivity contribution in [1.29, 1.82) is 0 Å². The molecule has 10 rings (SSSR count). The van der Waals surface area contributed by atoms with Gasteiger partial charge in [0.15, 0.2) is 0 Å². The second kappa shape index (κ2) is 12.7. The number of hydrogen-bond acceptors (Lipinski definition) is 3. The molecule has 0 fully saturated rings. The summed E-state index contributed by atoms with van der Waals surface area (Å²) >= 11 is 0. The Labute approximate surface area is 337 Å². The Bertz CT molecular complexity index is 2830. The standard InChI is InChI=1S/C53H48N2OSi/c1-52(2)46-33-41(54(37-18-10-8-11-19-37)39-24-28-43(29-25-39)57(5,6)7)26-30-44(46)50-48(52)49-51(56-50)45-31-27-42(34-47(45)53(49,3)4)55(38-20-12-9-13-21-38)40-23-22-35-16-14-15-17-36(35)32-40/h8-34H,1-7H3. The number of rotatable bonds is 7. The molecule has 0 saturated heterocycles. The molecular formula is C53H48N2OSi. The van der Waals surface area contributed by atoms with E-state index in [0.717, 1.165) is 45.6 Å². The topological polar surface area (TPSA) is 19.6 Å². The first-order chi connectivity index (χ1) is 27.4. The van der Waals surface area contributed by atoms with Crippen LogP contribution in [0.4, 0.5) is 34.1 Å². The molecule has 2 aliphatic rings. The molecule has 0 bridgehead atoms. The van der Waals surface area contributed by atoms with Gasteiger partial charge in [0.05, 0.1) is 8.07 Å². The molecule has 8 aromatic rings. The van der Waals surface area contributed by atoms with Gasteiger partial charge < -0.3 is 14.2 Å². The predicted molar refractivity (Wildman–Crippen MR) is 244 cm³/mol. The fourth-order valence-electron chi connectivity index (χ4n) is 9.52. The zero-order chi connectivity index (χ0) is 39.3. The monoisotopic (exact) mass is 756 g/mol. The van der Waals surface area contributed by atoms with Crippen LogP contribution in [0.25, 0.3) is 33.4 Å². The summed E-state index contributed by atoms with van der Waals surface area (Å²) in [6, 6.07) is 60.0. The van der Waals surface area contributed by atoms with Crippen LogP contribution < -0.4 is 15.0 Å². The van der Waals surface area contributed by atoms with Gasteiger partial charge in [0.25, 0.3) is 0 Å². The van der Waals surface area contributed by atoms with Gasteiger partial charge in [-0.05, 0) is 107 Å². The average Bonchev–Trinajstić information content (AvgIpc) is 3.79. The molecular weight excluding hydrogens is 709 g/mol. The van der Waals surface area contributed by atoms with Crippen molar-refractivity contribution >= 4 is 58.2 Å². The Morgan fingerprint density at radius 1 is 0.404 bits per heavy atom. The number of benzene rings is 7. The van der Waals surface area contributed by atoms with E-state index >= 15 is 0 Å². The van der Waals surface area contributed by atoms with Gasteiger partial charge in [0.1, 0.15) is 11.5 Å². The average molecular weight is 757 g/mol. The SMILES string of the molecule is CC1(C)c2cc(N(c3ccccc3)c3ccc([Si](C)(C)C)cc3)ccc2-c2oc3c(c21)C(C)(C)c1cc(N(c2ccccc2)c2ccc4ccccc4c2)ccc1-3. The lowest BCUT2D eigenvalue weighted by molar-refractivity contribution is 0.592. The molecule has 1 heterocycles. The van der Waals surface area contributed by atoms with Crippen LogP contribution in [0.3, 0.4) is 0 Å². The lowest BCUT2D eigenvalue weighted by Gasteiger charge is -2.30. The Hall–Kier alpha value is -6.10. The number of fused-ring (bicyclic) bond motifs is 8. The van der Waals surface area contributed by atoms with Crippen molar-refractivity contribution in [1.82, 2.24) is 0 Å². The molecule has 0 unspecified atom stereocenters. The second-order valence-electron chi connectivity index (χ2n) is 17.9. The van der Waals surface area contributed by atoms with Gasteiger partial charge in [0, 0.05) is 67.2 Å². The number of hydrogen-bond donors (Lipinski definition) is 0.